The molecular formula is C25H28N4O3S. The lowest BCUT2D eigenvalue weighted by atomic mass is 10.0. The zero-order chi connectivity index (χ0) is 23.1. The summed E-state index contributed by atoms with van der Waals surface area (Å²) >= 11 is 1.45. The molecule has 1 atom stereocenters. The molecular weight excluding hydrogens is 436 g/mol. The lowest BCUT2D eigenvalue weighted by Crippen LogP contribution is -2.38. The van der Waals surface area contributed by atoms with Crippen LogP contribution in [0.4, 0.5) is 0 Å². The molecule has 1 amide bonds. The van der Waals surface area contributed by atoms with Crippen LogP contribution in [0.25, 0.3) is 21.1 Å². The molecule has 3 aromatic heterocycles. The second kappa shape index (κ2) is 8.78. The molecule has 0 N–H and O–H groups in total. The van der Waals surface area contributed by atoms with E-state index in [9.17, 15) is 4.79 Å². The smallest absolute Gasteiger partial charge is 0.263 e. The number of amides is 1. The number of thiophene rings is 1. The zero-order valence-electron chi connectivity index (χ0n) is 19.4. The summed E-state index contributed by atoms with van der Waals surface area (Å²) in [4.78, 5) is 23.1. The molecule has 0 saturated carbocycles. The molecule has 0 radical (unpaired) electrons. The SMILES string of the molecule is COc1ccc2c(CN3CCOC(c4c(C(=O)N(C)C)sc5ncccc45)C3)cn(C)c2c1. The molecule has 1 aliphatic heterocycles. The zero-order valence-corrected chi connectivity index (χ0v) is 20.2. The number of hydrogen-bond acceptors (Lipinski definition) is 6. The minimum Gasteiger partial charge on any atom is -0.497 e. The normalized spacial score (nSPS) is 17.0. The number of carbonyl (C=O) groups is 1. The van der Waals surface area contributed by atoms with Gasteiger partial charge in [-0.2, -0.15) is 0 Å². The fourth-order valence-corrected chi connectivity index (χ4v) is 5.81. The van der Waals surface area contributed by atoms with E-state index in [1.807, 2.05) is 18.2 Å². The Labute approximate surface area is 197 Å². The van der Waals surface area contributed by atoms with E-state index < -0.39 is 0 Å². The van der Waals surface area contributed by atoms with Crippen molar-refractivity contribution in [2.24, 2.45) is 7.05 Å². The van der Waals surface area contributed by atoms with Crippen molar-refractivity contribution in [3.05, 3.63) is 58.7 Å². The van der Waals surface area contributed by atoms with Gasteiger partial charge in [-0.05, 0) is 23.8 Å². The number of aryl methyl sites for hydroxylation is 1. The maximum Gasteiger partial charge on any atom is 0.263 e. The van der Waals surface area contributed by atoms with Gasteiger partial charge in [0.05, 0.1) is 25.3 Å². The first kappa shape index (κ1) is 21.9. The second-order valence-electron chi connectivity index (χ2n) is 8.64. The van der Waals surface area contributed by atoms with Crippen molar-refractivity contribution in [1.82, 2.24) is 19.4 Å². The lowest BCUT2D eigenvalue weighted by Gasteiger charge is -2.33. The number of nitrogens with zero attached hydrogens (tertiary/aromatic N) is 4. The highest BCUT2D eigenvalue weighted by atomic mass is 32.1. The molecule has 1 saturated heterocycles. The van der Waals surface area contributed by atoms with Gasteiger partial charge in [0, 0.05) is 75.6 Å². The molecule has 4 aromatic rings. The topological polar surface area (TPSA) is 59.8 Å². The monoisotopic (exact) mass is 464 g/mol. The fraction of sp³-hybridized carbons (Fsp3) is 0.360. The van der Waals surface area contributed by atoms with Gasteiger partial charge in [0.25, 0.3) is 5.91 Å². The summed E-state index contributed by atoms with van der Waals surface area (Å²) < 4.78 is 13.8. The largest absolute Gasteiger partial charge is 0.497 e. The summed E-state index contributed by atoms with van der Waals surface area (Å²) in [7, 11) is 7.33. The Bertz CT molecular complexity index is 1330. The summed E-state index contributed by atoms with van der Waals surface area (Å²) in [5, 5.41) is 2.24. The van der Waals surface area contributed by atoms with Crippen molar-refractivity contribution in [1.29, 1.82) is 0 Å². The van der Waals surface area contributed by atoms with Crippen molar-refractivity contribution >= 4 is 38.4 Å². The molecule has 0 spiro atoms. The Hall–Kier alpha value is -2.94. The highest BCUT2D eigenvalue weighted by Gasteiger charge is 2.31. The average Bonchev–Trinajstić information content (AvgIpc) is 3.36. The molecule has 0 bridgehead atoms. The number of hydrogen-bond donors (Lipinski definition) is 0. The molecule has 5 rings (SSSR count). The van der Waals surface area contributed by atoms with Gasteiger partial charge < -0.3 is 18.9 Å². The van der Waals surface area contributed by atoms with Gasteiger partial charge in [0.2, 0.25) is 0 Å². The Morgan fingerprint density at radius 3 is 2.94 bits per heavy atom. The summed E-state index contributed by atoms with van der Waals surface area (Å²) in [6, 6.07) is 10.2. The van der Waals surface area contributed by atoms with E-state index in [0.29, 0.717) is 6.61 Å². The Morgan fingerprint density at radius 1 is 1.30 bits per heavy atom. The van der Waals surface area contributed by atoms with Crippen molar-refractivity contribution in [2.45, 2.75) is 12.6 Å². The van der Waals surface area contributed by atoms with Crippen LogP contribution in [0.15, 0.2) is 42.7 Å². The third-order valence-corrected chi connectivity index (χ3v) is 7.37. The standard InChI is InChI=1S/C25H28N4O3S/c1-27(2)25(30)23-22(19-6-5-9-26-24(19)33-23)21-15-29(10-11-32-21)14-16-13-28(3)20-12-17(31-4)7-8-18(16)20/h5-9,12-13,21H,10-11,14-15H2,1-4H3. The predicted octanol–water partition coefficient (Wildman–Crippen LogP) is 4.07. The van der Waals surface area contributed by atoms with Gasteiger partial charge in [0.15, 0.2) is 0 Å². The highest BCUT2D eigenvalue weighted by Crippen LogP contribution is 2.38. The van der Waals surface area contributed by atoms with Crippen molar-refractivity contribution in [3.8, 4) is 5.75 Å². The summed E-state index contributed by atoms with van der Waals surface area (Å²) in [6.45, 7) is 3.01. The van der Waals surface area contributed by atoms with Crippen LogP contribution in [0.1, 0.15) is 26.9 Å². The molecule has 1 fully saturated rings. The maximum atomic E-state index is 13.0. The van der Waals surface area contributed by atoms with E-state index in [2.05, 4.69) is 39.8 Å². The first-order valence-electron chi connectivity index (χ1n) is 11.0. The molecule has 1 aliphatic rings. The lowest BCUT2D eigenvalue weighted by molar-refractivity contribution is -0.0322. The van der Waals surface area contributed by atoms with E-state index in [-0.39, 0.29) is 12.0 Å². The number of methoxy groups -OCH3 is 1. The van der Waals surface area contributed by atoms with Crippen molar-refractivity contribution in [2.75, 3.05) is 40.9 Å². The number of ether oxygens (including phenoxy) is 2. The number of morpholine rings is 1. The van der Waals surface area contributed by atoms with E-state index in [1.54, 1.807) is 32.3 Å². The van der Waals surface area contributed by atoms with Gasteiger partial charge in [-0.15, -0.1) is 11.3 Å². The van der Waals surface area contributed by atoms with Gasteiger partial charge in [-0.25, -0.2) is 4.98 Å². The minimum absolute atomic E-state index is 0.00303. The number of aromatic nitrogens is 2. The van der Waals surface area contributed by atoms with Crippen LogP contribution < -0.4 is 4.74 Å². The Morgan fingerprint density at radius 2 is 2.15 bits per heavy atom. The Balaban J connectivity index is 1.46. The molecule has 0 aliphatic carbocycles. The maximum absolute atomic E-state index is 13.0. The Kier molecular flexibility index (Phi) is 5.82. The van der Waals surface area contributed by atoms with Gasteiger partial charge in [-0.1, -0.05) is 6.07 Å². The number of fused-ring (bicyclic) bond motifs is 2. The number of rotatable bonds is 5. The van der Waals surface area contributed by atoms with Crippen LogP contribution in [-0.4, -0.2) is 66.2 Å². The van der Waals surface area contributed by atoms with Gasteiger partial charge in [-0.3, -0.25) is 9.69 Å². The fourth-order valence-electron chi connectivity index (χ4n) is 4.60. The molecule has 8 heteroatoms. The third kappa shape index (κ3) is 3.99. The average molecular weight is 465 g/mol. The van der Waals surface area contributed by atoms with Crippen LogP contribution in [0.2, 0.25) is 0 Å². The first-order chi connectivity index (χ1) is 16.0. The predicted molar refractivity (Wildman–Crippen MR) is 131 cm³/mol. The number of pyridine rings is 1. The molecule has 1 unspecified atom stereocenters. The summed E-state index contributed by atoms with van der Waals surface area (Å²) in [6.07, 6.45) is 3.79. The molecule has 172 valence electrons. The van der Waals surface area contributed by atoms with Gasteiger partial charge in [0.1, 0.15) is 15.5 Å². The first-order valence-corrected chi connectivity index (χ1v) is 11.8. The highest BCUT2D eigenvalue weighted by molar-refractivity contribution is 7.20. The third-order valence-electron chi connectivity index (χ3n) is 6.25. The summed E-state index contributed by atoms with van der Waals surface area (Å²) in [5.74, 6) is 0.856. The van der Waals surface area contributed by atoms with Crippen LogP contribution >= 0.6 is 11.3 Å². The van der Waals surface area contributed by atoms with E-state index in [4.69, 9.17) is 9.47 Å². The quantitative estimate of drug-likeness (QED) is 0.446. The van der Waals surface area contributed by atoms with Crippen molar-refractivity contribution < 1.29 is 14.3 Å². The molecule has 7 nitrogen and oxygen atoms in total. The van der Waals surface area contributed by atoms with E-state index in [1.165, 1.54) is 22.3 Å². The van der Waals surface area contributed by atoms with E-state index >= 15 is 0 Å². The second-order valence-corrected chi connectivity index (χ2v) is 9.64. The number of benzene rings is 1. The van der Waals surface area contributed by atoms with Crippen LogP contribution in [0.3, 0.4) is 0 Å². The number of carbonyl (C=O) groups excluding carboxylic acids is 1. The van der Waals surface area contributed by atoms with Crippen molar-refractivity contribution in [3.63, 3.8) is 0 Å². The van der Waals surface area contributed by atoms with Crippen LogP contribution in [0, 0.1) is 0 Å². The van der Waals surface area contributed by atoms with Crippen LogP contribution in [-0.2, 0) is 18.3 Å². The summed E-state index contributed by atoms with van der Waals surface area (Å²) in [5.41, 5.74) is 3.40. The molecule has 1 aromatic carbocycles. The van der Waals surface area contributed by atoms with Gasteiger partial charge >= 0.3 is 0 Å². The van der Waals surface area contributed by atoms with Crippen LogP contribution in [0.5, 0.6) is 5.75 Å². The minimum atomic E-state index is -0.175. The van der Waals surface area contributed by atoms with E-state index in [0.717, 1.165) is 51.6 Å². The molecule has 4 heterocycles. The molecule has 33 heavy (non-hydrogen) atoms.